The Kier molecular flexibility index (Phi) is 308. The number of hydrogen-bond donors (Lipinski definition) is 0. The second-order valence-corrected chi connectivity index (χ2v) is 0.931. The molecule has 3 radical (unpaired) electrons. The molecule has 0 nitrogen and oxygen atoms in total. The Morgan fingerprint density at radius 1 is 0.909 bits per heavy atom. The van der Waals surface area contributed by atoms with E-state index < -0.39 is 0 Å². The first-order valence-corrected chi connectivity index (χ1v) is 2.15. The Balaban J connectivity index is -0.00000000400. The standard InChI is InChI=1S/C3H7.C3H6.2CH3.3Y/c2*1-3-2;;;;;/h3H,1-2H3;1-3H2;2*1H3;;;/q-1;-2;2*-1;;;. The Bertz CT molecular complexity index is 11.3. The summed E-state index contributed by atoms with van der Waals surface area (Å²) in [4.78, 5) is 0. The van der Waals surface area contributed by atoms with Gasteiger partial charge in [-0.3, -0.25) is 0 Å². The molecule has 0 aromatic carbocycles. The zero-order valence-corrected chi connectivity index (χ0v) is 16.9. The van der Waals surface area contributed by atoms with Crippen molar-refractivity contribution in [1.82, 2.24) is 0 Å². The number of hydrogen-bond acceptors (Lipinski definition) is 0. The van der Waals surface area contributed by atoms with Crippen molar-refractivity contribution in [2.75, 3.05) is 0 Å². The molecule has 0 aliphatic rings. The maximum Gasteiger partial charge on any atom is 0 e. The van der Waals surface area contributed by atoms with Crippen molar-refractivity contribution in [3.8, 4) is 0 Å². The summed E-state index contributed by atoms with van der Waals surface area (Å²) in [7, 11) is 0. The van der Waals surface area contributed by atoms with Gasteiger partial charge in [0, 0.05) is 98.1 Å². The molecule has 0 N–H and O–H groups in total. The van der Waals surface area contributed by atoms with Crippen LogP contribution >= 0.6 is 0 Å². The van der Waals surface area contributed by atoms with Crippen LogP contribution in [0.1, 0.15) is 20.3 Å². The molecule has 0 bridgehead atoms. The van der Waals surface area contributed by atoms with E-state index in [1.165, 1.54) is 0 Å². The van der Waals surface area contributed by atoms with E-state index in [1.807, 2.05) is 20.3 Å². The van der Waals surface area contributed by atoms with Crippen molar-refractivity contribution in [3.63, 3.8) is 0 Å². The summed E-state index contributed by atoms with van der Waals surface area (Å²) in [6, 6.07) is 0. The van der Waals surface area contributed by atoms with Crippen LogP contribution in [0.25, 0.3) is 0 Å². The summed E-state index contributed by atoms with van der Waals surface area (Å²) in [5.41, 5.74) is 0. The summed E-state index contributed by atoms with van der Waals surface area (Å²) >= 11 is 0. The van der Waals surface area contributed by atoms with Gasteiger partial charge in [0.2, 0.25) is 0 Å². The van der Waals surface area contributed by atoms with Gasteiger partial charge in [-0.15, -0.1) is 0 Å². The van der Waals surface area contributed by atoms with Crippen LogP contribution in [0.3, 0.4) is 0 Å². The van der Waals surface area contributed by atoms with Crippen LogP contribution in [0, 0.1) is 35.1 Å². The summed E-state index contributed by atoms with van der Waals surface area (Å²) in [6.07, 6.45) is 2.75. The topological polar surface area (TPSA) is 0 Å². The normalized spacial score (nSPS) is 3.27. The van der Waals surface area contributed by atoms with Gasteiger partial charge in [-0.25, -0.2) is 0 Å². The smallest absolute Gasteiger partial charge is 0 e. The van der Waals surface area contributed by atoms with Gasteiger partial charge in [0.25, 0.3) is 0 Å². The molecule has 0 aliphatic carbocycles. The van der Waals surface area contributed by atoms with E-state index in [0.717, 1.165) is 6.42 Å². The van der Waals surface area contributed by atoms with Crippen molar-refractivity contribution >= 4 is 0 Å². The molecule has 0 rings (SSSR count). The molecule has 0 saturated heterocycles. The van der Waals surface area contributed by atoms with Crippen LogP contribution in [0.4, 0.5) is 0 Å². The Hall–Kier alpha value is 3.31. The molecule has 0 aromatic heterocycles. The molecule has 11 heavy (non-hydrogen) atoms. The predicted molar refractivity (Wildman–Crippen MR) is 43.8 cm³/mol. The van der Waals surface area contributed by atoms with Gasteiger partial charge in [0.15, 0.2) is 0 Å². The van der Waals surface area contributed by atoms with Gasteiger partial charge in [-0.2, -0.15) is 13.8 Å². The fraction of sp³-hybridized carbons (Fsp3) is 0.375. The fourth-order valence-electron chi connectivity index (χ4n) is 0. The molecule has 0 unspecified atom stereocenters. The summed E-state index contributed by atoms with van der Waals surface area (Å²) < 4.78 is 0. The van der Waals surface area contributed by atoms with Crippen LogP contribution < -0.4 is 0 Å². The van der Waals surface area contributed by atoms with E-state index in [-0.39, 0.29) is 113 Å². The SMILES string of the molecule is C[CH-]C.[CH2-]C[CH2-].[CH3-].[CH3-].[Y].[Y].[Y]. The van der Waals surface area contributed by atoms with E-state index in [4.69, 9.17) is 0 Å². The molecule has 3 heteroatoms. The van der Waals surface area contributed by atoms with Gasteiger partial charge >= 0.3 is 0 Å². The summed E-state index contributed by atoms with van der Waals surface area (Å²) in [5.74, 6) is 0. The molecular weight excluding hydrogens is 363 g/mol. The molecule has 0 amide bonds. The first kappa shape index (κ1) is 47.4. The van der Waals surface area contributed by atoms with Gasteiger partial charge < -0.3 is 41.5 Å². The largest absolute Gasteiger partial charge is 0.372 e. The van der Waals surface area contributed by atoms with Crippen molar-refractivity contribution in [2.24, 2.45) is 0 Å². The monoisotopic (exact) mass is 382 g/mol. The minimum atomic E-state index is 0. The van der Waals surface area contributed by atoms with Crippen molar-refractivity contribution in [1.29, 1.82) is 0 Å². The van der Waals surface area contributed by atoms with E-state index in [2.05, 4.69) is 13.8 Å². The Morgan fingerprint density at radius 3 is 0.909 bits per heavy atom. The molecule has 0 aliphatic heterocycles. The molecule has 0 fully saturated rings. The van der Waals surface area contributed by atoms with Gasteiger partial charge in [-0.1, -0.05) is 0 Å². The Morgan fingerprint density at radius 2 is 0.909 bits per heavy atom. The van der Waals surface area contributed by atoms with E-state index in [9.17, 15) is 0 Å². The molecule has 0 saturated carbocycles. The van der Waals surface area contributed by atoms with E-state index >= 15 is 0 Å². The summed E-state index contributed by atoms with van der Waals surface area (Å²) in [5, 5.41) is 0. The maximum absolute atomic E-state index is 3.38. The van der Waals surface area contributed by atoms with Crippen molar-refractivity contribution in [2.45, 2.75) is 20.3 Å². The van der Waals surface area contributed by atoms with Gasteiger partial charge in [-0.05, 0) is 0 Å². The van der Waals surface area contributed by atoms with Crippen LogP contribution in [0.5, 0.6) is 0 Å². The van der Waals surface area contributed by atoms with Crippen LogP contribution in [0.15, 0.2) is 0 Å². The van der Waals surface area contributed by atoms with E-state index in [1.54, 1.807) is 0 Å². The van der Waals surface area contributed by atoms with Crippen LogP contribution in [-0.2, 0) is 98.1 Å². The van der Waals surface area contributed by atoms with Gasteiger partial charge in [0.1, 0.15) is 0 Å². The molecule has 0 heterocycles. The van der Waals surface area contributed by atoms with Crippen LogP contribution in [-0.4, -0.2) is 0 Å². The van der Waals surface area contributed by atoms with Gasteiger partial charge in [0.05, 0.1) is 0 Å². The molecule has 0 spiro atoms. The Labute approximate surface area is 150 Å². The molecular formula is C8H19Y3-5. The average Bonchev–Trinajstić information content (AvgIpc) is 1.39. The minimum absolute atomic E-state index is 0. The van der Waals surface area contributed by atoms with Crippen LogP contribution in [0.2, 0.25) is 0 Å². The zero-order valence-electron chi connectivity index (χ0n) is 8.43. The quantitative estimate of drug-likeness (QED) is 0.565. The van der Waals surface area contributed by atoms with Crippen molar-refractivity contribution < 1.29 is 98.1 Å². The third kappa shape index (κ3) is 155. The van der Waals surface area contributed by atoms with E-state index in [0.29, 0.717) is 0 Å². The fourth-order valence-corrected chi connectivity index (χ4v) is 0. The third-order valence-electron chi connectivity index (χ3n) is 0. The maximum atomic E-state index is 3.38. The minimum Gasteiger partial charge on any atom is -0.372 e. The second-order valence-electron chi connectivity index (χ2n) is 0.931. The molecule has 65 valence electrons. The second kappa shape index (κ2) is 71.5. The summed E-state index contributed by atoms with van der Waals surface area (Å²) in [6.45, 7) is 10.8. The van der Waals surface area contributed by atoms with Crippen molar-refractivity contribution in [3.05, 3.63) is 35.1 Å². The number of rotatable bonds is 0. The third-order valence-corrected chi connectivity index (χ3v) is 0. The first-order valence-electron chi connectivity index (χ1n) is 2.15. The molecule has 0 aromatic rings. The zero-order chi connectivity index (χ0) is 5.41. The molecule has 0 atom stereocenters. The first-order chi connectivity index (χ1) is 2.83. The predicted octanol–water partition coefficient (Wildman–Crippen LogP) is 3.17. The average molecular weight is 382 g/mol.